The van der Waals surface area contributed by atoms with Crippen molar-refractivity contribution in [3.63, 3.8) is 0 Å². The van der Waals surface area contributed by atoms with Gasteiger partial charge in [0.15, 0.2) is 0 Å². The van der Waals surface area contributed by atoms with E-state index in [9.17, 15) is 0 Å². The van der Waals surface area contributed by atoms with Gasteiger partial charge in [-0.1, -0.05) is 76.7 Å². The van der Waals surface area contributed by atoms with E-state index in [4.69, 9.17) is 0 Å². The smallest absolute Gasteiger partial charge is 0.0119 e. The first kappa shape index (κ1) is 16.5. The van der Waals surface area contributed by atoms with Gasteiger partial charge < -0.3 is 0 Å². The van der Waals surface area contributed by atoms with Crippen LogP contribution < -0.4 is 0 Å². The fraction of sp³-hybridized carbons (Fsp3) is 0.895. The van der Waals surface area contributed by atoms with Crippen LogP contribution in [0.4, 0.5) is 0 Å². The maximum absolute atomic E-state index is 2.30. The summed E-state index contributed by atoms with van der Waals surface area (Å²) >= 11 is 2.20. The van der Waals surface area contributed by atoms with Crippen molar-refractivity contribution in [2.75, 3.05) is 5.75 Å². The minimum atomic E-state index is 0.983. The molecule has 0 heterocycles. The Labute approximate surface area is 131 Å². The molecule has 2 aliphatic carbocycles. The highest BCUT2D eigenvalue weighted by Gasteiger charge is 2.37. The Morgan fingerprint density at radius 1 is 0.850 bits per heavy atom. The van der Waals surface area contributed by atoms with Crippen LogP contribution in [-0.4, -0.2) is 5.75 Å². The second kappa shape index (κ2) is 9.92. The molecule has 0 spiro atoms. The van der Waals surface area contributed by atoms with Gasteiger partial charge in [-0.3, -0.25) is 0 Å². The van der Waals surface area contributed by atoms with Crippen molar-refractivity contribution >= 4 is 11.8 Å². The van der Waals surface area contributed by atoms with E-state index in [0.29, 0.717) is 0 Å². The molecule has 0 bridgehead atoms. The third kappa shape index (κ3) is 5.84. The standard InChI is InChI=1S/C19H34S/c1-2-3-4-5-6-7-8-9-10-13-16-20-19-17-14-11-12-15-18(17)19/h17H,2-16H2,1H3. The number of fused-ring (bicyclic) bond motifs is 1. The number of allylic oxidation sites excluding steroid dienone is 2. The van der Waals surface area contributed by atoms with Gasteiger partial charge in [-0.05, 0) is 36.3 Å². The number of hydrogen-bond acceptors (Lipinski definition) is 1. The Balaban J connectivity index is 1.32. The van der Waals surface area contributed by atoms with Crippen molar-refractivity contribution in [2.45, 2.75) is 96.8 Å². The number of unbranched alkanes of at least 4 members (excludes halogenated alkanes) is 9. The van der Waals surface area contributed by atoms with Gasteiger partial charge in [0.25, 0.3) is 0 Å². The van der Waals surface area contributed by atoms with Crippen LogP contribution in [-0.2, 0) is 0 Å². The van der Waals surface area contributed by atoms with Crippen LogP contribution in [0.15, 0.2) is 10.5 Å². The van der Waals surface area contributed by atoms with E-state index >= 15 is 0 Å². The highest BCUT2D eigenvalue weighted by atomic mass is 32.2. The van der Waals surface area contributed by atoms with Crippen LogP contribution in [0.3, 0.4) is 0 Å². The molecule has 2 rings (SSSR count). The van der Waals surface area contributed by atoms with Crippen molar-refractivity contribution in [3.05, 3.63) is 10.5 Å². The first-order valence-electron chi connectivity index (χ1n) is 9.29. The molecule has 0 aliphatic heterocycles. The Hall–Kier alpha value is 0.0900. The highest BCUT2D eigenvalue weighted by molar-refractivity contribution is 8.03. The summed E-state index contributed by atoms with van der Waals surface area (Å²) in [5.74, 6) is 2.38. The van der Waals surface area contributed by atoms with E-state index < -0.39 is 0 Å². The van der Waals surface area contributed by atoms with Gasteiger partial charge in [-0.15, -0.1) is 11.8 Å². The molecule has 1 fully saturated rings. The van der Waals surface area contributed by atoms with Gasteiger partial charge in [0.2, 0.25) is 0 Å². The Kier molecular flexibility index (Phi) is 8.17. The lowest BCUT2D eigenvalue weighted by Gasteiger charge is -2.06. The molecule has 2 aliphatic rings. The van der Waals surface area contributed by atoms with E-state index in [-0.39, 0.29) is 0 Å². The topological polar surface area (TPSA) is 0 Å². The number of thioether (sulfide) groups is 1. The average molecular weight is 295 g/mol. The monoisotopic (exact) mass is 294 g/mol. The molecule has 1 atom stereocenters. The van der Waals surface area contributed by atoms with E-state index in [2.05, 4.69) is 18.7 Å². The maximum Gasteiger partial charge on any atom is 0.0119 e. The molecule has 0 saturated heterocycles. The number of hydrogen-bond donors (Lipinski definition) is 0. The quantitative estimate of drug-likeness (QED) is 0.346. The minimum absolute atomic E-state index is 0.983. The SMILES string of the molecule is CCCCCCCCCCCCSC1=C2CCCCC21. The molecule has 0 aromatic heterocycles. The molecule has 0 aromatic rings. The van der Waals surface area contributed by atoms with Crippen LogP contribution in [0.2, 0.25) is 0 Å². The molecule has 0 nitrogen and oxygen atoms in total. The summed E-state index contributed by atoms with van der Waals surface area (Å²) in [6.45, 7) is 2.30. The largest absolute Gasteiger partial charge is 0.130 e. The maximum atomic E-state index is 2.30. The third-order valence-corrected chi connectivity index (χ3v) is 6.27. The van der Waals surface area contributed by atoms with Crippen LogP contribution in [0.25, 0.3) is 0 Å². The van der Waals surface area contributed by atoms with Crippen LogP contribution in [0.5, 0.6) is 0 Å². The predicted octanol–water partition coefficient (Wildman–Crippen LogP) is 7.10. The minimum Gasteiger partial charge on any atom is -0.130 e. The van der Waals surface area contributed by atoms with Crippen molar-refractivity contribution < 1.29 is 0 Å². The second-order valence-corrected chi connectivity index (χ2v) is 7.86. The molecular weight excluding hydrogens is 260 g/mol. The molecule has 1 saturated carbocycles. The average Bonchev–Trinajstić information content (AvgIpc) is 3.18. The van der Waals surface area contributed by atoms with Gasteiger partial charge in [0, 0.05) is 5.92 Å². The van der Waals surface area contributed by atoms with E-state index in [1.54, 1.807) is 0 Å². The summed E-state index contributed by atoms with van der Waals surface area (Å²) in [5.41, 5.74) is 1.85. The van der Waals surface area contributed by atoms with Crippen molar-refractivity contribution in [1.29, 1.82) is 0 Å². The number of rotatable bonds is 12. The normalized spacial score (nSPS) is 21.1. The molecular formula is C19H34S. The molecule has 0 N–H and O–H groups in total. The van der Waals surface area contributed by atoms with E-state index in [1.165, 1.54) is 95.6 Å². The summed E-state index contributed by atoms with van der Waals surface area (Å²) in [5, 5.41) is 0. The molecule has 1 heteroatoms. The Morgan fingerprint density at radius 3 is 2.10 bits per heavy atom. The lowest BCUT2D eigenvalue weighted by molar-refractivity contribution is 0.563. The first-order valence-corrected chi connectivity index (χ1v) is 10.3. The lowest BCUT2D eigenvalue weighted by atomic mass is 10.0. The van der Waals surface area contributed by atoms with Gasteiger partial charge in [0.05, 0.1) is 0 Å². The molecule has 20 heavy (non-hydrogen) atoms. The molecule has 116 valence electrons. The van der Waals surface area contributed by atoms with Crippen molar-refractivity contribution in [1.82, 2.24) is 0 Å². The molecule has 1 unspecified atom stereocenters. The summed E-state index contributed by atoms with van der Waals surface area (Å²) in [7, 11) is 0. The second-order valence-electron chi connectivity index (χ2n) is 6.72. The summed E-state index contributed by atoms with van der Waals surface area (Å²) in [4.78, 5) is 1.82. The van der Waals surface area contributed by atoms with Gasteiger partial charge >= 0.3 is 0 Å². The van der Waals surface area contributed by atoms with Gasteiger partial charge in [-0.25, -0.2) is 0 Å². The summed E-state index contributed by atoms with van der Waals surface area (Å²) in [6, 6.07) is 0. The fourth-order valence-electron chi connectivity index (χ4n) is 3.53. The zero-order valence-corrected chi connectivity index (χ0v) is 14.4. The fourth-order valence-corrected chi connectivity index (χ4v) is 4.93. The van der Waals surface area contributed by atoms with Crippen molar-refractivity contribution in [2.24, 2.45) is 5.92 Å². The van der Waals surface area contributed by atoms with E-state index in [0.717, 1.165) is 5.92 Å². The first-order chi connectivity index (χ1) is 9.93. The molecule has 0 aromatic carbocycles. The predicted molar refractivity (Wildman–Crippen MR) is 93.3 cm³/mol. The van der Waals surface area contributed by atoms with Gasteiger partial charge in [0.1, 0.15) is 0 Å². The summed E-state index contributed by atoms with van der Waals surface area (Å²) in [6.07, 6.45) is 20.4. The Bertz CT molecular complexity index is 292. The Morgan fingerprint density at radius 2 is 1.50 bits per heavy atom. The van der Waals surface area contributed by atoms with Crippen LogP contribution in [0.1, 0.15) is 96.8 Å². The van der Waals surface area contributed by atoms with Crippen LogP contribution >= 0.6 is 11.8 Å². The third-order valence-electron chi connectivity index (χ3n) is 4.91. The summed E-state index contributed by atoms with van der Waals surface area (Å²) < 4.78 is 0. The lowest BCUT2D eigenvalue weighted by Crippen LogP contribution is -1.91. The molecule has 0 radical (unpaired) electrons. The zero-order valence-electron chi connectivity index (χ0n) is 13.6. The zero-order chi connectivity index (χ0) is 14.0. The molecule has 0 amide bonds. The van der Waals surface area contributed by atoms with Gasteiger partial charge in [-0.2, -0.15) is 0 Å². The van der Waals surface area contributed by atoms with E-state index in [1.807, 2.05) is 10.5 Å². The van der Waals surface area contributed by atoms with Crippen LogP contribution in [0, 0.1) is 5.92 Å². The van der Waals surface area contributed by atoms with Crippen molar-refractivity contribution in [3.8, 4) is 0 Å². The highest BCUT2D eigenvalue weighted by Crippen LogP contribution is 2.54.